The molecule has 9 heteroatoms. The molecule has 31 heavy (non-hydrogen) atoms. The first-order valence-electron chi connectivity index (χ1n) is 10.3. The van der Waals surface area contributed by atoms with E-state index in [1.807, 2.05) is 56.4 Å². The van der Waals surface area contributed by atoms with Gasteiger partial charge in [0.15, 0.2) is 5.82 Å². The van der Waals surface area contributed by atoms with Gasteiger partial charge in [0.2, 0.25) is 0 Å². The highest BCUT2D eigenvalue weighted by molar-refractivity contribution is 6.30. The summed E-state index contributed by atoms with van der Waals surface area (Å²) in [5.41, 5.74) is 4.35. The van der Waals surface area contributed by atoms with Crippen LogP contribution < -0.4 is 5.69 Å². The highest BCUT2D eigenvalue weighted by Crippen LogP contribution is 2.29. The first-order valence-corrected chi connectivity index (χ1v) is 10.7. The van der Waals surface area contributed by atoms with Gasteiger partial charge in [-0.3, -0.25) is 14.1 Å². The van der Waals surface area contributed by atoms with Gasteiger partial charge in [0.25, 0.3) is 0 Å². The van der Waals surface area contributed by atoms with Crippen LogP contribution >= 0.6 is 11.6 Å². The van der Waals surface area contributed by atoms with Crippen molar-refractivity contribution in [3.05, 3.63) is 69.6 Å². The Labute approximate surface area is 184 Å². The normalized spacial score (nSPS) is 11.4. The first-order chi connectivity index (χ1) is 15.0. The fourth-order valence-electron chi connectivity index (χ4n) is 3.72. The van der Waals surface area contributed by atoms with Gasteiger partial charge in [-0.05, 0) is 42.3 Å². The summed E-state index contributed by atoms with van der Waals surface area (Å²) in [7, 11) is 0. The number of benzene rings is 1. The van der Waals surface area contributed by atoms with Gasteiger partial charge in [0.05, 0.1) is 17.9 Å². The van der Waals surface area contributed by atoms with Crippen LogP contribution in [-0.4, -0.2) is 34.7 Å². The second-order valence-electron chi connectivity index (χ2n) is 7.65. The molecule has 0 aliphatic heterocycles. The van der Waals surface area contributed by atoms with Crippen molar-refractivity contribution in [3.63, 3.8) is 0 Å². The predicted octanol–water partition coefficient (Wildman–Crippen LogP) is 4.13. The lowest BCUT2D eigenvalue weighted by Gasteiger charge is -2.09. The molecule has 0 radical (unpaired) electrons. The Kier molecular flexibility index (Phi) is 5.99. The Morgan fingerprint density at radius 3 is 2.52 bits per heavy atom. The minimum atomic E-state index is -0.0995. The van der Waals surface area contributed by atoms with E-state index in [9.17, 15) is 4.79 Å². The largest absolute Gasteiger partial charge is 0.330 e. The van der Waals surface area contributed by atoms with Crippen LogP contribution in [0.5, 0.6) is 0 Å². The summed E-state index contributed by atoms with van der Waals surface area (Å²) in [6.07, 6.45) is 3.45. The van der Waals surface area contributed by atoms with E-state index in [4.69, 9.17) is 11.6 Å². The maximum absolute atomic E-state index is 13.0. The topological polar surface area (TPSA) is 94.3 Å². The fraction of sp³-hybridized carbons (Fsp3) is 0.318. The Morgan fingerprint density at radius 1 is 1.13 bits per heavy atom. The van der Waals surface area contributed by atoms with E-state index in [-0.39, 0.29) is 11.7 Å². The van der Waals surface area contributed by atoms with Gasteiger partial charge in [-0.2, -0.15) is 0 Å². The molecular weight excluding hydrogens is 414 g/mol. The van der Waals surface area contributed by atoms with Crippen molar-refractivity contribution in [2.75, 3.05) is 0 Å². The minimum absolute atomic E-state index is 0.00530. The van der Waals surface area contributed by atoms with E-state index in [0.717, 1.165) is 40.9 Å². The van der Waals surface area contributed by atoms with Crippen LogP contribution in [-0.2, 0) is 13.0 Å². The quantitative estimate of drug-likeness (QED) is 0.469. The number of halogens is 1. The van der Waals surface area contributed by atoms with E-state index < -0.39 is 0 Å². The van der Waals surface area contributed by atoms with E-state index in [2.05, 4.69) is 32.5 Å². The molecule has 4 rings (SSSR count). The number of aromatic amines is 1. The molecule has 0 saturated heterocycles. The van der Waals surface area contributed by atoms with Crippen LogP contribution in [0, 0.1) is 0 Å². The zero-order valence-electron chi connectivity index (χ0n) is 17.7. The molecule has 0 bridgehead atoms. The summed E-state index contributed by atoms with van der Waals surface area (Å²) in [5, 5.41) is 14.7. The highest BCUT2D eigenvalue weighted by Gasteiger charge is 2.20. The molecule has 0 atom stereocenters. The second kappa shape index (κ2) is 8.85. The summed E-state index contributed by atoms with van der Waals surface area (Å²) in [6.45, 7) is 6.37. The Hall–Kier alpha value is -3.26. The highest BCUT2D eigenvalue weighted by atomic mass is 35.5. The number of aromatic nitrogens is 7. The van der Waals surface area contributed by atoms with E-state index >= 15 is 0 Å². The molecule has 4 aromatic rings. The standard InChI is InChI=1S/C22H24ClN7O/c1-4-7-19-20(23)30(14(2)3)22(31)29(19)13-16-11-10-15(12-24-16)17-8-5-6-9-18(17)21-25-27-28-26-21/h5-6,8-12,14H,4,7,13H2,1-3H3,(H,25,26,27,28). The molecule has 3 aromatic heterocycles. The van der Waals surface area contributed by atoms with Crippen molar-refractivity contribution in [1.82, 2.24) is 34.7 Å². The summed E-state index contributed by atoms with van der Waals surface area (Å²) in [4.78, 5) is 17.6. The van der Waals surface area contributed by atoms with Crippen molar-refractivity contribution >= 4 is 11.6 Å². The molecule has 160 valence electrons. The van der Waals surface area contributed by atoms with E-state index in [1.54, 1.807) is 9.13 Å². The van der Waals surface area contributed by atoms with E-state index in [0.29, 0.717) is 17.5 Å². The molecule has 0 aliphatic rings. The summed E-state index contributed by atoms with van der Waals surface area (Å²) >= 11 is 6.55. The number of tetrazole rings is 1. The third-order valence-corrected chi connectivity index (χ3v) is 5.60. The van der Waals surface area contributed by atoms with Crippen molar-refractivity contribution in [3.8, 4) is 22.5 Å². The van der Waals surface area contributed by atoms with Crippen molar-refractivity contribution in [2.45, 2.75) is 46.2 Å². The molecule has 0 amide bonds. The Balaban J connectivity index is 1.67. The molecule has 0 unspecified atom stereocenters. The molecular formula is C22H24ClN7O. The zero-order chi connectivity index (χ0) is 22.0. The van der Waals surface area contributed by atoms with Crippen LogP contribution in [0.25, 0.3) is 22.5 Å². The smallest absolute Gasteiger partial charge is 0.289 e. The van der Waals surface area contributed by atoms with Crippen LogP contribution in [0.4, 0.5) is 0 Å². The summed E-state index contributed by atoms with van der Waals surface area (Å²) in [5.74, 6) is 0.597. The molecule has 3 heterocycles. The predicted molar refractivity (Wildman–Crippen MR) is 120 cm³/mol. The van der Waals surface area contributed by atoms with Crippen molar-refractivity contribution in [1.29, 1.82) is 0 Å². The summed E-state index contributed by atoms with van der Waals surface area (Å²) < 4.78 is 3.38. The first kappa shape index (κ1) is 21.0. The molecule has 0 aliphatic carbocycles. The Bertz CT molecular complexity index is 1220. The van der Waals surface area contributed by atoms with Gasteiger partial charge in [0.1, 0.15) is 5.15 Å². The molecule has 8 nitrogen and oxygen atoms in total. The average Bonchev–Trinajstić information content (AvgIpc) is 3.38. The molecule has 0 saturated carbocycles. The SMILES string of the molecule is CCCc1c(Cl)n(C(C)C)c(=O)n1Cc1ccc(-c2ccccc2-c2nnn[nH]2)cn1. The molecule has 0 spiro atoms. The lowest BCUT2D eigenvalue weighted by atomic mass is 10.0. The third-order valence-electron chi connectivity index (χ3n) is 5.20. The van der Waals surface area contributed by atoms with Crippen LogP contribution in [0.15, 0.2) is 47.4 Å². The van der Waals surface area contributed by atoms with Gasteiger partial charge < -0.3 is 0 Å². The number of nitrogens with zero attached hydrogens (tertiary/aromatic N) is 6. The molecule has 1 aromatic carbocycles. The van der Waals surface area contributed by atoms with Crippen LogP contribution in [0.3, 0.4) is 0 Å². The van der Waals surface area contributed by atoms with Crippen molar-refractivity contribution in [2.24, 2.45) is 0 Å². The summed E-state index contributed by atoms with van der Waals surface area (Å²) in [6, 6.07) is 11.8. The number of nitrogens with one attached hydrogen (secondary N) is 1. The number of pyridine rings is 1. The van der Waals surface area contributed by atoms with Gasteiger partial charge >= 0.3 is 5.69 Å². The second-order valence-corrected chi connectivity index (χ2v) is 8.01. The van der Waals surface area contributed by atoms with Gasteiger partial charge in [-0.1, -0.05) is 55.3 Å². The zero-order valence-corrected chi connectivity index (χ0v) is 18.5. The third kappa shape index (κ3) is 4.03. The number of rotatable bonds is 7. The molecule has 1 N–H and O–H groups in total. The maximum atomic E-state index is 13.0. The lowest BCUT2D eigenvalue weighted by Crippen LogP contribution is -2.27. The number of hydrogen-bond acceptors (Lipinski definition) is 5. The van der Waals surface area contributed by atoms with Crippen molar-refractivity contribution < 1.29 is 0 Å². The van der Waals surface area contributed by atoms with Gasteiger partial charge in [-0.15, -0.1) is 5.10 Å². The Morgan fingerprint density at radius 2 is 1.90 bits per heavy atom. The fourth-order valence-corrected chi connectivity index (χ4v) is 4.18. The van der Waals surface area contributed by atoms with Crippen LogP contribution in [0.1, 0.15) is 44.6 Å². The van der Waals surface area contributed by atoms with Gasteiger partial charge in [0, 0.05) is 23.4 Å². The number of H-pyrrole nitrogens is 1. The van der Waals surface area contributed by atoms with Gasteiger partial charge in [-0.25, -0.2) is 9.89 Å². The average molecular weight is 438 g/mol. The van der Waals surface area contributed by atoms with E-state index in [1.165, 1.54) is 0 Å². The number of imidazole rings is 1. The van der Waals surface area contributed by atoms with Crippen LogP contribution in [0.2, 0.25) is 5.15 Å². The maximum Gasteiger partial charge on any atom is 0.330 e. The monoisotopic (exact) mass is 437 g/mol. The lowest BCUT2D eigenvalue weighted by molar-refractivity contribution is 0.559. The molecule has 0 fully saturated rings. The minimum Gasteiger partial charge on any atom is -0.289 e. The number of hydrogen-bond donors (Lipinski definition) is 1.